The van der Waals surface area contributed by atoms with E-state index in [0.29, 0.717) is 0 Å². The fourth-order valence-electron chi connectivity index (χ4n) is 0.637. The fourth-order valence-corrected chi connectivity index (χ4v) is 0.637. The maximum Gasteiger partial charge on any atom is 0.216 e. The minimum Gasteiger partial charge on any atom is -0.482 e. The van der Waals surface area contributed by atoms with E-state index in [9.17, 15) is 0 Å². The molecular weight excluding hydrogens is 304 g/mol. The summed E-state index contributed by atoms with van der Waals surface area (Å²) in [5, 5.41) is 0. The lowest BCUT2D eigenvalue weighted by Gasteiger charge is -1.90. The highest BCUT2D eigenvalue weighted by molar-refractivity contribution is 8.10. The summed E-state index contributed by atoms with van der Waals surface area (Å²) in [6.45, 7) is 4.19. The first-order valence-electron chi connectivity index (χ1n) is 4.90. The summed E-state index contributed by atoms with van der Waals surface area (Å²) < 4.78 is 9.26. The standard InChI is InChI=1S/C8H10.2C2H4OS2/c1-7-3-5-8(2)6-4-7;2*1-3-2(4)5/h3-6H,1-2H3;2*1H3,(H,4,5). The number of thiol groups is 2. The van der Waals surface area contributed by atoms with Crippen LogP contribution in [-0.2, 0) is 9.47 Å². The van der Waals surface area contributed by atoms with Gasteiger partial charge in [0.1, 0.15) is 0 Å². The number of benzene rings is 1. The summed E-state index contributed by atoms with van der Waals surface area (Å²) >= 11 is 15.9. The molecule has 0 radical (unpaired) electrons. The lowest BCUT2D eigenvalue weighted by molar-refractivity contribution is 0.426. The third-order valence-electron chi connectivity index (χ3n) is 1.57. The summed E-state index contributed by atoms with van der Waals surface area (Å²) in [4.78, 5) is 0. The van der Waals surface area contributed by atoms with Gasteiger partial charge in [0.05, 0.1) is 14.2 Å². The van der Waals surface area contributed by atoms with Crippen molar-refractivity contribution < 1.29 is 9.47 Å². The van der Waals surface area contributed by atoms with Crippen molar-refractivity contribution >= 4 is 58.5 Å². The van der Waals surface area contributed by atoms with Gasteiger partial charge in [0.15, 0.2) is 0 Å². The van der Waals surface area contributed by atoms with E-state index < -0.39 is 0 Å². The van der Waals surface area contributed by atoms with Crippen LogP contribution in [0.2, 0.25) is 0 Å². The van der Waals surface area contributed by atoms with Gasteiger partial charge >= 0.3 is 0 Å². The van der Waals surface area contributed by atoms with Crippen LogP contribution in [0.1, 0.15) is 11.1 Å². The number of methoxy groups -OCH3 is 2. The summed E-state index contributed by atoms with van der Waals surface area (Å²) in [6, 6.07) is 8.48. The SMILES string of the molecule is COC(=S)S.COC(=S)S.Cc1ccc(C)cc1. The number of rotatable bonds is 0. The van der Waals surface area contributed by atoms with Gasteiger partial charge in [-0.25, -0.2) is 0 Å². The Morgan fingerprint density at radius 2 is 1.00 bits per heavy atom. The Morgan fingerprint density at radius 1 is 0.833 bits per heavy atom. The number of aryl methyl sites for hydroxylation is 2. The molecule has 0 bridgehead atoms. The average molecular weight is 323 g/mol. The van der Waals surface area contributed by atoms with E-state index in [1.165, 1.54) is 25.3 Å². The van der Waals surface area contributed by atoms with Crippen molar-refractivity contribution in [3.8, 4) is 0 Å². The zero-order chi connectivity index (χ0) is 14.6. The Balaban J connectivity index is 0. The predicted molar refractivity (Wildman–Crippen MR) is 93.1 cm³/mol. The van der Waals surface area contributed by atoms with E-state index in [-0.39, 0.29) is 8.77 Å². The van der Waals surface area contributed by atoms with Crippen LogP contribution in [0.4, 0.5) is 0 Å². The lowest BCUT2D eigenvalue weighted by atomic mass is 10.2. The molecule has 102 valence electrons. The van der Waals surface area contributed by atoms with Gasteiger partial charge in [-0.3, -0.25) is 0 Å². The molecule has 2 nitrogen and oxygen atoms in total. The van der Waals surface area contributed by atoms with Gasteiger partial charge in [-0.05, 0) is 38.3 Å². The number of thiocarbonyl (C=S) groups is 2. The summed E-state index contributed by atoms with van der Waals surface area (Å²) in [5.41, 5.74) is 2.66. The Bertz CT molecular complexity index is 315. The molecule has 0 saturated heterocycles. The molecule has 0 spiro atoms. The van der Waals surface area contributed by atoms with E-state index in [1.807, 2.05) is 0 Å². The Hall–Kier alpha value is -0.300. The van der Waals surface area contributed by atoms with Gasteiger partial charge in [-0.2, -0.15) is 0 Å². The van der Waals surface area contributed by atoms with Gasteiger partial charge in [0, 0.05) is 0 Å². The molecule has 0 unspecified atom stereocenters. The van der Waals surface area contributed by atoms with Crippen LogP contribution in [-0.4, -0.2) is 23.0 Å². The first-order valence-corrected chi connectivity index (χ1v) is 6.61. The van der Waals surface area contributed by atoms with Crippen LogP contribution in [0.5, 0.6) is 0 Å². The quantitative estimate of drug-likeness (QED) is 0.555. The van der Waals surface area contributed by atoms with E-state index in [1.54, 1.807) is 0 Å². The molecule has 18 heavy (non-hydrogen) atoms. The van der Waals surface area contributed by atoms with Crippen LogP contribution in [0, 0.1) is 13.8 Å². The molecule has 1 rings (SSSR count). The Labute approximate surface area is 131 Å². The highest BCUT2D eigenvalue weighted by Gasteiger charge is 1.79. The van der Waals surface area contributed by atoms with Gasteiger partial charge < -0.3 is 9.47 Å². The van der Waals surface area contributed by atoms with Crippen molar-refractivity contribution in [1.29, 1.82) is 0 Å². The van der Waals surface area contributed by atoms with Crippen LogP contribution in [0.15, 0.2) is 24.3 Å². The zero-order valence-corrected chi connectivity index (χ0v) is 14.3. The molecular formula is C12H18O2S4. The maximum atomic E-state index is 4.35. The van der Waals surface area contributed by atoms with Crippen LogP contribution >= 0.6 is 49.7 Å². The van der Waals surface area contributed by atoms with E-state index in [4.69, 9.17) is 0 Å². The topological polar surface area (TPSA) is 18.5 Å². The van der Waals surface area contributed by atoms with Crippen molar-refractivity contribution in [3.05, 3.63) is 35.4 Å². The lowest BCUT2D eigenvalue weighted by Crippen LogP contribution is -1.80. The van der Waals surface area contributed by atoms with Crippen molar-refractivity contribution in [2.45, 2.75) is 13.8 Å². The third-order valence-corrected chi connectivity index (χ3v) is 2.27. The molecule has 0 aliphatic rings. The predicted octanol–water partition coefficient (Wildman–Crippen LogP) is 4.00. The molecule has 1 aromatic rings. The van der Waals surface area contributed by atoms with Crippen molar-refractivity contribution in [1.82, 2.24) is 0 Å². The maximum absolute atomic E-state index is 4.35. The van der Waals surface area contributed by atoms with E-state index >= 15 is 0 Å². The third kappa shape index (κ3) is 18.1. The normalized spacial score (nSPS) is 7.89. The first-order chi connectivity index (χ1) is 8.33. The van der Waals surface area contributed by atoms with Gasteiger partial charge in [-0.15, -0.1) is 0 Å². The molecule has 0 atom stereocenters. The monoisotopic (exact) mass is 322 g/mol. The molecule has 0 heterocycles. The van der Waals surface area contributed by atoms with Crippen molar-refractivity contribution in [2.24, 2.45) is 0 Å². The molecule has 1 aromatic carbocycles. The molecule has 0 saturated carbocycles. The molecule has 0 aromatic heterocycles. The molecule has 0 amide bonds. The summed E-state index contributed by atoms with van der Waals surface area (Å²) in [7, 11) is 2.96. The molecule has 0 fully saturated rings. The number of hydrogen-bond donors (Lipinski definition) is 2. The van der Waals surface area contributed by atoms with Crippen LogP contribution < -0.4 is 0 Å². The largest absolute Gasteiger partial charge is 0.482 e. The molecule has 0 aliphatic heterocycles. The minimum atomic E-state index is 0.282. The minimum absolute atomic E-state index is 0.282. The van der Waals surface area contributed by atoms with Crippen LogP contribution in [0.25, 0.3) is 0 Å². The first kappa shape index (κ1) is 20.0. The number of hydrogen-bond acceptors (Lipinski definition) is 4. The average Bonchev–Trinajstić information content (AvgIpc) is 2.34. The molecule has 0 N–H and O–H groups in total. The second-order valence-corrected chi connectivity index (χ2v) is 5.25. The summed E-state index contributed by atoms with van der Waals surface area (Å²) in [6.07, 6.45) is 0. The molecule has 0 aliphatic carbocycles. The Morgan fingerprint density at radius 3 is 1.11 bits per heavy atom. The second kappa shape index (κ2) is 13.1. The van der Waals surface area contributed by atoms with E-state index in [2.05, 4.69) is 97.3 Å². The Kier molecular flexibility index (Phi) is 14.6. The van der Waals surface area contributed by atoms with Gasteiger partial charge in [0.25, 0.3) is 0 Å². The second-order valence-electron chi connectivity index (χ2n) is 3.09. The van der Waals surface area contributed by atoms with Crippen LogP contribution in [0.3, 0.4) is 0 Å². The smallest absolute Gasteiger partial charge is 0.216 e. The van der Waals surface area contributed by atoms with Gasteiger partial charge in [0.2, 0.25) is 8.77 Å². The highest BCUT2D eigenvalue weighted by atomic mass is 32.1. The zero-order valence-electron chi connectivity index (χ0n) is 10.8. The highest BCUT2D eigenvalue weighted by Crippen LogP contribution is 1.99. The number of ether oxygens (including phenoxy) is 2. The molecule has 6 heteroatoms. The van der Waals surface area contributed by atoms with Gasteiger partial charge in [-0.1, -0.05) is 60.6 Å². The van der Waals surface area contributed by atoms with E-state index in [0.717, 1.165) is 0 Å². The fraction of sp³-hybridized carbons (Fsp3) is 0.333. The summed E-state index contributed by atoms with van der Waals surface area (Å²) in [5.74, 6) is 0. The van der Waals surface area contributed by atoms with Crippen molar-refractivity contribution in [2.75, 3.05) is 14.2 Å². The van der Waals surface area contributed by atoms with Crippen molar-refractivity contribution in [3.63, 3.8) is 0 Å².